The van der Waals surface area contributed by atoms with Gasteiger partial charge >= 0.3 is 0 Å². The Balaban J connectivity index is 1.78. The highest BCUT2D eigenvalue weighted by molar-refractivity contribution is 8.00. The number of halogens is 1. The van der Waals surface area contributed by atoms with Crippen LogP contribution in [0.25, 0.3) is 0 Å². The van der Waals surface area contributed by atoms with Crippen molar-refractivity contribution in [1.82, 2.24) is 0 Å². The lowest BCUT2D eigenvalue weighted by Crippen LogP contribution is -2.35. The summed E-state index contributed by atoms with van der Waals surface area (Å²) in [6, 6.07) is 8.51. The molecule has 2 aromatic rings. The Morgan fingerprint density at radius 1 is 1.27 bits per heavy atom. The molecule has 136 valence electrons. The topological polar surface area (TPSA) is 66.5 Å². The van der Waals surface area contributed by atoms with Gasteiger partial charge in [-0.05, 0) is 36.8 Å². The van der Waals surface area contributed by atoms with Gasteiger partial charge in [0.15, 0.2) is 0 Å². The van der Waals surface area contributed by atoms with Crippen LogP contribution < -0.4 is 9.62 Å². The minimum absolute atomic E-state index is 0.0515. The number of carbonyl (C=O) groups excluding carboxylic acids is 1. The highest BCUT2D eigenvalue weighted by Crippen LogP contribution is 2.46. The van der Waals surface area contributed by atoms with Crippen molar-refractivity contribution >= 4 is 50.7 Å². The van der Waals surface area contributed by atoms with Crippen LogP contribution in [0.3, 0.4) is 0 Å². The van der Waals surface area contributed by atoms with Gasteiger partial charge in [0.1, 0.15) is 0 Å². The number of carbonyl (C=O) groups is 1. The van der Waals surface area contributed by atoms with Crippen LogP contribution in [0.5, 0.6) is 0 Å². The second-order valence-electron chi connectivity index (χ2n) is 6.59. The van der Waals surface area contributed by atoms with Crippen LogP contribution in [-0.4, -0.2) is 26.1 Å². The van der Waals surface area contributed by atoms with Gasteiger partial charge in [0.05, 0.1) is 27.7 Å². The van der Waals surface area contributed by atoms with Crippen LogP contribution >= 0.6 is 23.4 Å². The molecule has 0 spiro atoms. The van der Waals surface area contributed by atoms with E-state index in [2.05, 4.69) is 11.6 Å². The van der Waals surface area contributed by atoms with Crippen LogP contribution in [0.2, 0.25) is 5.02 Å². The zero-order valence-electron chi connectivity index (χ0n) is 14.2. The molecule has 0 aliphatic carbocycles. The van der Waals surface area contributed by atoms with Gasteiger partial charge in [-0.2, -0.15) is 0 Å². The third-order valence-corrected chi connectivity index (χ3v) is 7.43. The number of aryl methyl sites for hydroxylation is 1. The Morgan fingerprint density at radius 3 is 2.77 bits per heavy atom. The molecule has 2 aliphatic heterocycles. The highest BCUT2D eigenvalue weighted by atomic mass is 35.5. The quantitative estimate of drug-likeness (QED) is 0.838. The van der Waals surface area contributed by atoms with Crippen molar-refractivity contribution < 1.29 is 13.2 Å². The molecule has 0 aromatic heterocycles. The minimum atomic E-state index is -3.86. The fraction of sp³-hybridized carbons (Fsp3) is 0.278. The van der Waals surface area contributed by atoms with Gasteiger partial charge < -0.3 is 4.90 Å². The first-order valence-corrected chi connectivity index (χ1v) is 10.9. The van der Waals surface area contributed by atoms with Crippen molar-refractivity contribution in [2.75, 3.05) is 16.2 Å². The number of benzene rings is 2. The average Bonchev–Trinajstić information content (AvgIpc) is 2.88. The maximum absolute atomic E-state index is 13.0. The van der Waals surface area contributed by atoms with Gasteiger partial charge in [-0.1, -0.05) is 24.6 Å². The maximum Gasteiger partial charge on any atom is 0.262 e. The summed E-state index contributed by atoms with van der Waals surface area (Å²) in [5.74, 6) is -0.0515. The van der Waals surface area contributed by atoms with E-state index in [1.807, 2.05) is 6.92 Å². The van der Waals surface area contributed by atoms with E-state index in [1.54, 1.807) is 47.0 Å². The normalized spacial score (nSPS) is 18.8. The number of rotatable bonds is 3. The summed E-state index contributed by atoms with van der Waals surface area (Å²) in [5.41, 5.74) is 2.59. The number of hydrogen-bond donors (Lipinski definition) is 1. The van der Waals surface area contributed by atoms with Crippen LogP contribution in [0.1, 0.15) is 18.1 Å². The van der Waals surface area contributed by atoms with E-state index in [-0.39, 0.29) is 22.5 Å². The van der Waals surface area contributed by atoms with E-state index >= 15 is 0 Å². The first-order chi connectivity index (χ1) is 12.3. The molecule has 1 unspecified atom stereocenters. The van der Waals surface area contributed by atoms with Crippen LogP contribution in [0.15, 0.2) is 40.1 Å². The lowest BCUT2D eigenvalue weighted by molar-refractivity contribution is -0.117. The van der Waals surface area contributed by atoms with Gasteiger partial charge in [-0.3, -0.25) is 9.52 Å². The van der Waals surface area contributed by atoms with Crippen LogP contribution in [0, 0.1) is 6.92 Å². The minimum Gasteiger partial charge on any atom is -0.310 e. The Kier molecular flexibility index (Phi) is 4.21. The zero-order chi connectivity index (χ0) is 18.6. The number of sulfonamides is 1. The molecule has 0 bridgehead atoms. The molecule has 2 heterocycles. The Labute approximate surface area is 161 Å². The molecule has 0 saturated heterocycles. The molecule has 0 saturated carbocycles. The van der Waals surface area contributed by atoms with Crippen molar-refractivity contribution in [1.29, 1.82) is 0 Å². The summed E-state index contributed by atoms with van der Waals surface area (Å²) in [6.07, 6.45) is 0.105. The summed E-state index contributed by atoms with van der Waals surface area (Å²) >= 11 is 7.84. The molecule has 4 rings (SSSR count). The lowest BCUT2D eigenvalue weighted by Gasteiger charge is -2.29. The van der Waals surface area contributed by atoms with Crippen molar-refractivity contribution in [2.24, 2.45) is 0 Å². The largest absolute Gasteiger partial charge is 0.310 e. The average molecular weight is 409 g/mol. The molecule has 1 N–H and O–H groups in total. The molecule has 26 heavy (non-hydrogen) atoms. The van der Waals surface area contributed by atoms with Gasteiger partial charge in [0.2, 0.25) is 5.91 Å². The van der Waals surface area contributed by atoms with Gasteiger partial charge in [0.25, 0.3) is 10.0 Å². The predicted molar refractivity (Wildman–Crippen MR) is 105 cm³/mol. The zero-order valence-corrected chi connectivity index (χ0v) is 16.6. The SMILES string of the molecule is Cc1ccc(NS(=O)(=O)c2ccc3c4c2CC(=O)N4CC(C)S3)c(Cl)c1. The number of nitrogens with zero attached hydrogens (tertiary/aromatic N) is 1. The first-order valence-electron chi connectivity index (χ1n) is 8.18. The van der Waals surface area contributed by atoms with E-state index in [0.29, 0.717) is 22.8 Å². The number of nitrogens with one attached hydrogen (secondary N) is 1. The fourth-order valence-corrected chi connectivity index (χ4v) is 6.19. The highest BCUT2D eigenvalue weighted by Gasteiger charge is 2.38. The van der Waals surface area contributed by atoms with E-state index < -0.39 is 10.0 Å². The van der Waals surface area contributed by atoms with Crippen LogP contribution in [0.4, 0.5) is 11.4 Å². The third kappa shape index (κ3) is 2.88. The molecular weight excluding hydrogens is 392 g/mol. The molecule has 1 atom stereocenters. The first kappa shape index (κ1) is 17.7. The summed E-state index contributed by atoms with van der Waals surface area (Å²) in [4.78, 5) is 15.2. The smallest absolute Gasteiger partial charge is 0.262 e. The number of anilines is 2. The molecule has 2 aliphatic rings. The Hall–Kier alpha value is -1.70. The Bertz CT molecular complexity index is 1040. The molecule has 1 amide bonds. The third-order valence-electron chi connectivity index (χ3n) is 4.53. The van der Waals surface area contributed by atoms with Crippen molar-refractivity contribution in [3.63, 3.8) is 0 Å². The summed E-state index contributed by atoms with van der Waals surface area (Å²) in [5, 5.41) is 0.620. The Morgan fingerprint density at radius 2 is 2.04 bits per heavy atom. The summed E-state index contributed by atoms with van der Waals surface area (Å²) in [6.45, 7) is 4.54. The van der Waals surface area contributed by atoms with Crippen molar-refractivity contribution in [3.05, 3.63) is 46.5 Å². The van der Waals surface area contributed by atoms with Crippen molar-refractivity contribution in [2.45, 2.75) is 35.3 Å². The van der Waals surface area contributed by atoms with Gasteiger partial charge in [-0.15, -0.1) is 11.8 Å². The molecule has 0 fully saturated rings. The van der Waals surface area contributed by atoms with Crippen molar-refractivity contribution in [3.8, 4) is 0 Å². The van der Waals surface area contributed by atoms with E-state index in [4.69, 9.17) is 11.6 Å². The van der Waals surface area contributed by atoms with E-state index in [0.717, 1.165) is 16.1 Å². The summed E-state index contributed by atoms with van der Waals surface area (Å²) in [7, 11) is -3.86. The van der Waals surface area contributed by atoms with Crippen LogP contribution in [-0.2, 0) is 21.2 Å². The van der Waals surface area contributed by atoms with E-state index in [9.17, 15) is 13.2 Å². The molecule has 0 radical (unpaired) electrons. The molecule has 8 heteroatoms. The molecular formula is C18H17ClN2O3S2. The standard InChI is InChI=1S/C18H17ClN2O3S2/c1-10-3-4-14(13(19)7-10)20-26(23,24)16-6-5-15-18-12(16)8-17(22)21(18)9-11(2)25-15/h3-7,11,20H,8-9H2,1-2H3. The molecule has 2 aromatic carbocycles. The number of thioether (sulfide) groups is 1. The number of amides is 1. The lowest BCUT2D eigenvalue weighted by atomic mass is 10.1. The van der Waals surface area contributed by atoms with Gasteiger partial charge in [0, 0.05) is 22.3 Å². The van der Waals surface area contributed by atoms with E-state index in [1.165, 1.54) is 0 Å². The number of hydrogen-bond acceptors (Lipinski definition) is 4. The second kappa shape index (κ2) is 6.18. The second-order valence-corrected chi connectivity index (χ2v) is 10.1. The fourth-order valence-electron chi connectivity index (χ4n) is 3.39. The van der Waals surface area contributed by atoms with Gasteiger partial charge in [-0.25, -0.2) is 8.42 Å². The summed E-state index contributed by atoms with van der Waals surface area (Å²) < 4.78 is 28.5. The molecule has 5 nitrogen and oxygen atoms in total. The maximum atomic E-state index is 13.0. The predicted octanol–water partition coefficient (Wildman–Crippen LogP) is 3.83. The monoisotopic (exact) mass is 408 g/mol.